The highest BCUT2D eigenvalue weighted by Crippen LogP contribution is 1.99. The average molecular weight is 272 g/mol. The van der Waals surface area contributed by atoms with Gasteiger partial charge in [0.2, 0.25) is 5.91 Å². The molecule has 0 fully saturated rings. The second-order valence-electron chi connectivity index (χ2n) is 3.12. The molecule has 1 aromatic rings. The zero-order valence-electron chi connectivity index (χ0n) is 8.57. The number of nitrogens with one attached hydrogen (secondary N) is 1. The van der Waals surface area contributed by atoms with Crippen LogP contribution < -0.4 is 5.32 Å². The monoisotopic (exact) mass is 271 g/mol. The molecular weight excluding hydrogens is 258 g/mol. The summed E-state index contributed by atoms with van der Waals surface area (Å²) >= 11 is 3.11. The SMILES string of the molecule is CC(OCBr)C(=O)NCc1ccccc1. The molecule has 15 heavy (non-hydrogen) atoms. The van der Waals surface area contributed by atoms with E-state index in [1.165, 1.54) is 0 Å². The standard InChI is InChI=1S/C11H14BrNO2/c1-9(15-8-12)11(14)13-7-10-5-3-2-4-6-10/h2-6,9H,7-8H2,1H3,(H,13,14). The first kappa shape index (κ1) is 12.2. The Morgan fingerprint density at radius 3 is 2.73 bits per heavy atom. The summed E-state index contributed by atoms with van der Waals surface area (Å²) in [6.07, 6.45) is -0.423. The molecule has 1 N–H and O–H groups in total. The van der Waals surface area contributed by atoms with Crippen LogP contribution in [0.2, 0.25) is 0 Å². The lowest BCUT2D eigenvalue weighted by atomic mass is 10.2. The molecule has 0 saturated carbocycles. The molecule has 4 heteroatoms. The molecular formula is C11H14BrNO2. The van der Waals surface area contributed by atoms with E-state index in [0.717, 1.165) is 5.56 Å². The van der Waals surface area contributed by atoms with Gasteiger partial charge in [-0.3, -0.25) is 4.79 Å². The molecule has 3 nitrogen and oxygen atoms in total. The third-order valence-electron chi connectivity index (χ3n) is 1.99. The number of hydrogen-bond donors (Lipinski definition) is 1. The fourth-order valence-corrected chi connectivity index (χ4v) is 1.50. The van der Waals surface area contributed by atoms with E-state index in [4.69, 9.17) is 4.74 Å². The Kier molecular flexibility index (Phi) is 5.36. The smallest absolute Gasteiger partial charge is 0.249 e. The molecule has 1 unspecified atom stereocenters. The quantitative estimate of drug-likeness (QED) is 0.833. The number of carbonyl (C=O) groups excluding carboxylic acids is 1. The zero-order valence-corrected chi connectivity index (χ0v) is 10.2. The van der Waals surface area contributed by atoms with E-state index in [9.17, 15) is 4.79 Å². The molecule has 1 atom stereocenters. The minimum absolute atomic E-state index is 0.0988. The summed E-state index contributed by atoms with van der Waals surface area (Å²) in [7, 11) is 0. The summed E-state index contributed by atoms with van der Waals surface area (Å²) in [5.41, 5.74) is 1.45. The zero-order chi connectivity index (χ0) is 11.1. The summed E-state index contributed by atoms with van der Waals surface area (Å²) in [5, 5.41) is 2.80. The van der Waals surface area contributed by atoms with E-state index < -0.39 is 6.10 Å². The Labute approximate surface area is 97.9 Å². The van der Waals surface area contributed by atoms with Crippen LogP contribution in [0, 0.1) is 0 Å². The van der Waals surface area contributed by atoms with Crippen molar-refractivity contribution in [2.24, 2.45) is 0 Å². The van der Waals surface area contributed by atoms with Crippen molar-refractivity contribution in [2.75, 3.05) is 5.52 Å². The molecule has 1 rings (SSSR count). The van der Waals surface area contributed by atoms with Gasteiger partial charge in [0, 0.05) is 6.54 Å². The van der Waals surface area contributed by atoms with E-state index in [1.807, 2.05) is 30.3 Å². The topological polar surface area (TPSA) is 38.3 Å². The first-order valence-electron chi connectivity index (χ1n) is 4.73. The summed E-state index contributed by atoms with van der Waals surface area (Å²) in [6.45, 7) is 2.26. The summed E-state index contributed by atoms with van der Waals surface area (Å²) < 4.78 is 5.10. The second-order valence-corrected chi connectivity index (χ2v) is 3.58. The van der Waals surface area contributed by atoms with Crippen LogP contribution in [0.1, 0.15) is 12.5 Å². The van der Waals surface area contributed by atoms with Crippen LogP contribution in [-0.2, 0) is 16.1 Å². The lowest BCUT2D eigenvalue weighted by Crippen LogP contribution is -2.33. The van der Waals surface area contributed by atoms with Crippen LogP contribution in [-0.4, -0.2) is 17.5 Å². The molecule has 82 valence electrons. The number of alkyl halides is 1. The number of rotatable bonds is 5. The van der Waals surface area contributed by atoms with Crippen molar-refractivity contribution in [1.82, 2.24) is 5.32 Å². The molecule has 0 aromatic heterocycles. The van der Waals surface area contributed by atoms with Gasteiger partial charge in [-0.05, 0) is 12.5 Å². The van der Waals surface area contributed by atoms with Gasteiger partial charge in [0.1, 0.15) is 11.6 Å². The third-order valence-corrected chi connectivity index (χ3v) is 2.26. The molecule has 1 aromatic carbocycles. The highest BCUT2D eigenvalue weighted by molar-refractivity contribution is 9.09. The molecule has 0 saturated heterocycles. The van der Waals surface area contributed by atoms with Crippen molar-refractivity contribution in [3.05, 3.63) is 35.9 Å². The van der Waals surface area contributed by atoms with Crippen molar-refractivity contribution >= 4 is 21.8 Å². The lowest BCUT2D eigenvalue weighted by Gasteiger charge is -2.11. The fourth-order valence-electron chi connectivity index (χ4n) is 1.10. The van der Waals surface area contributed by atoms with Crippen molar-refractivity contribution < 1.29 is 9.53 Å². The van der Waals surface area contributed by atoms with Crippen LogP contribution in [0.25, 0.3) is 0 Å². The maximum atomic E-state index is 11.4. The predicted octanol–water partition coefficient (Wildman–Crippen LogP) is 2.06. The summed E-state index contributed by atoms with van der Waals surface area (Å²) in [5.74, 6) is -0.0988. The van der Waals surface area contributed by atoms with Gasteiger partial charge in [0.25, 0.3) is 0 Å². The predicted molar refractivity (Wildman–Crippen MR) is 62.6 cm³/mol. The van der Waals surface area contributed by atoms with E-state index in [2.05, 4.69) is 21.2 Å². The number of carbonyl (C=O) groups is 1. The molecule has 0 heterocycles. The van der Waals surface area contributed by atoms with Crippen LogP contribution >= 0.6 is 15.9 Å². The highest BCUT2D eigenvalue weighted by atomic mass is 79.9. The normalized spacial score (nSPS) is 12.1. The van der Waals surface area contributed by atoms with Crippen LogP contribution in [0.15, 0.2) is 30.3 Å². The van der Waals surface area contributed by atoms with Gasteiger partial charge < -0.3 is 10.1 Å². The Morgan fingerprint density at radius 2 is 2.13 bits per heavy atom. The number of hydrogen-bond acceptors (Lipinski definition) is 2. The van der Waals surface area contributed by atoms with E-state index in [0.29, 0.717) is 12.1 Å². The maximum absolute atomic E-state index is 11.4. The van der Waals surface area contributed by atoms with Crippen molar-refractivity contribution in [3.8, 4) is 0 Å². The van der Waals surface area contributed by atoms with Gasteiger partial charge in [-0.25, -0.2) is 0 Å². The van der Waals surface area contributed by atoms with E-state index in [1.54, 1.807) is 6.92 Å². The van der Waals surface area contributed by atoms with E-state index in [-0.39, 0.29) is 5.91 Å². The molecule has 1 amide bonds. The molecule has 0 aliphatic carbocycles. The first-order chi connectivity index (χ1) is 7.24. The minimum Gasteiger partial charge on any atom is -0.357 e. The highest BCUT2D eigenvalue weighted by Gasteiger charge is 2.11. The number of ether oxygens (including phenoxy) is 1. The minimum atomic E-state index is -0.423. The van der Waals surface area contributed by atoms with Gasteiger partial charge in [0.15, 0.2) is 0 Å². The lowest BCUT2D eigenvalue weighted by molar-refractivity contribution is -0.130. The molecule has 0 aliphatic heterocycles. The van der Waals surface area contributed by atoms with Gasteiger partial charge in [-0.2, -0.15) is 0 Å². The van der Waals surface area contributed by atoms with Crippen LogP contribution in [0.5, 0.6) is 0 Å². The van der Waals surface area contributed by atoms with Gasteiger partial charge in [-0.1, -0.05) is 46.3 Å². The Hall–Kier alpha value is -0.870. The average Bonchev–Trinajstić information content (AvgIpc) is 2.27. The van der Waals surface area contributed by atoms with Gasteiger partial charge >= 0.3 is 0 Å². The Bertz CT molecular complexity index is 303. The number of amides is 1. The maximum Gasteiger partial charge on any atom is 0.249 e. The number of benzene rings is 1. The van der Waals surface area contributed by atoms with Gasteiger partial charge in [0.05, 0.1) is 0 Å². The van der Waals surface area contributed by atoms with Crippen molar-refractivity contribution in [3.63, 3.8) is 0 Å². The Balaban J connectivity index is 2.34. The summed E-state index contributed by atoms with van der Waals surface area (Å²) in [4.78, 5) is 11.4. The molecule has 0 radical (unpaired) electrons. The van der Waals surface area contributed by atoms with Crippen LogP contribution in [0.3, 0.4) is 0 Å². The second kappa shape index (κ2) is 6.58. The third kappa shape index (κ3) is 4.44. The fraction of sp³-hybridized carbons (Fsp3) is 0.364. The van der Waals surface area contributed by atoms with E-state index >= 15 is 0 Å². The molecule has 0 aliphatic rings. The largest absolute Gasteiger partial charge is 0.357 e. The Morgan fingerprint density at radius 1 is 1.47 bits per heavy atom. The van der Waals surface area contributed by atoms with Crippen molar-refractivity contribution in [1.29, 1.82) is 0 Å². The summed E-state index contributed by atoms with van der Waals surface area (Å²) in [6, 6.07) is 9.77. The van der Waals surface area contributed by atoms with Crippen molar-refractivity contribution in [2.45, 2.75) is 19.6 Å². The molecule has 0 spiro atoms. The first-order valence-corrected chi connectivity index (χ1v) is 5.85. The van der Waals surface area contributed by atoms with Crippen LogP contribution in [0.4, 0.5) is 0 Å². The molecule has 0 bridgehead atoms. The van der Waals surface area contributed by atoms with Gasteiger partial charge in [-0.15, -0.1) is 0 Å². The number of halogens is 1.